The van der Waals surface area contributed by atoms with E-state index in [1.54, 1.807) is 0 Å². The van der Waals surface area contributed by atoms with E-state index in [9.17, 15) is 4.79 Å². The molecule has 1 heterocycles. The van der Waals surface area contributed by atoms with Gasteiger partial charge in [-0.05, 0) is 31.6 Å². The van der Waals surface area contributed by atoms with Gasteiger partial charge in [0.2, 0.25) is 0 Å². The summed E-state index contributed by atoms with van der Waals surface area (Å²) in [5.41, 5.74) is 0. The van der Waals surface area contributed by atoms with Crippen molar-refractivity contribution in [2.24, 2.45) is 5.92 Å². The lowest BCUT2D eigenvalue weighted by Gasteiger charge is -2.31. The monoisotopic (exact) mass is 310 g/mol. The van der Waals surface area contributed by atoms with E-state index in [1.807, 2.05) is 0 Å². The molecule has 1 rings (SSSR count). The van der Waals surface area contributed by atoms with Gasteiger partial charge in [-0.3, -0.25) is 4.79 Å². The van der Waals surface area contributed by atoms with E-state index in [2.05, 4.69) is 13.8 Å². The van der Waals surface area contributed by atoms with Crippen molar-refractivity contribution in [1.82, 2.24) is 0 Å². The van der Waals surface area contributed by atoms with Crippen LogP contribution in [0.2, 0.25) is 0 Å². The summed E-state index contributed by atoms with van der Waals surface area (Å²) < 4.78 is 5.99. The molecule has 1 aliphatic heterocycles. The molecule has 22 heavy (non-hydrogen) atoms. The first-order valence-corrected chi connectivity index (χ1v) is 9.91. The normalized spacial score (nSPS) is 21.9. The van der Waals surface area contributed by atoms with Crippen molar-refractivity contribution in [3.05, 3.63) is 0 Å². The molecular formula is C20H38O2. The summed E-state index contributed by atoms with van der Waals surface area (Å²) in [6.07, 6.45) is 16.9. The molecule has 0 aromatic carbocycles. The molecule has 0 amide bonds. The van der Waals surface area contributed by atoms with Crippen LogP contribution in [0.15, 0.2) is 0 Å². The zero-order valence-electron chi connectivity index (χ0n) is 15.1. The predicted molar refractivity (Wildman–Crippen MR) is 94.2 cm³/mol. The second-order valence-corrected chi connectivity index (χ2v) is 7.07. The van der Waals surface area contributed by atoms with Crippen LogP contribution in [0, 0.1) is 5.92 Å². The third-order valence-electron chi connectivity index (χ3n) is 4.97. The molecular weight excluding hydrogens is 272 g/mol. The number of rotatable bonds is 13. The predicted octanol–water partition coefficient (Wildman–Crippen LogP) is 6.07. The highest BCUT2D eigenvalue weighted by Crippen LogP contribution is 2.28. The van der Waals surface area contributed by atoms with Gasteiger partial charge in [-0.15, -0.1) is 0 Å². The van der Waals surface area contributed by atoms with Gasteiger partial charge < -0.3 is 4.74 Å². The summed E-state index contributed by atoms with van der Waals surface area (Å²) in [7, 11) is 0. The van der Waals surface area contributed by atoms with Gasteiger partial charge in [0.05, 0.1) is 6.10 Å². The standard InChI is InChI=1S/C20H38O2/c1-3-5-7-8-9-11-15-20-18(13-12-16-22-20)17-19(21)14-10-6-4-2/h18,20H,3-17H2,1-2H3/t18-,20-/m1/s1. The minimum atomic E-state index is 0.357. The second-order valence-electron chi connectivity index (χ2n) is 7.07. The topological polar surface area (TPSA) is 26.3 Å². The Morgan fingerprint density at radius 2 is 1.64 bits per heavy atom. The third-order valence-corrected chi connectivity index (χ3v) is 4.97. The Bertz CT molecular complexity index is 275. The Kier molecular flexibility index (Phi) is 11.7. The molecule has 0 bridgehead atoms. The molecule has 1 fully saturated rings. The lowest BCUT2D eigenvalue weighted by atomic mass is 9.86. The summed E-state index contributed by atoms with van der Waals surface area (Å²) in [6, 6.07) is 0. The van der Waals surface area contributed by atoms with Crippen molar-refractivity contribution in [3.63, 3.8) is 0 Å². The average molecular weight is 311 g/mol. The van der Waals surface area contributed by atoms with Crippen LogP contribution in [0.4, 0.5) is 0 Å². The van der Waals surface area contributed by atoms with Crippen molar-refractivity contribution < 1.29 is 9.53 Å². The first-order chi connectivity index (χ1) is 10.8. The van der Waals surface area contributed by atoms with E-state index in [0.717, 1.165) is 32.3 Å². The Hall–Kier alpha value is -0.370. The van der Waals surface area contributed by atoms with Crippen LogP contribution < -0.4 is 0 Å². The highest BCUT2D eigenvalue weighted by atomic mass is 16.5. The van der Waals surface area contributed by atoms with Gasteiger partial charge >= 0.3 is 0 Å². The number of ketones is 1. The zero-order chi connectivity index (χ0) is 16.0. The van der Waals surface area contributed by atoms with Gasteiger partial charge in [-0.1, -0.05) is 65.2 Å². The fraction of sp³-hybridized carbons (Fsp3) is 0.950. The summed E-state index contributed by atoms with van der Waals surface area (Å²) in [4.78, 5) is 12.1. The maximum Gasteiger partial charge on any atom is 0.133 e. The fourth-order valence-corrected chi connectivity index (χ4v) is 3.55. The number of hydrogen-bond acceptors (Lipinski definition) is 2. The molecule has 2 nitrogen and oxygen atoms in total. The van der Waals surface area contributed by atoms with E-state index in [4.69, 9.17) is 4.74 Å². The Morgan fingerprint density at radius 1 is 0.955 bits per heavy atom. The number of carbonyl (C=O) groups excluding carboxylic acids is 1. The third kappa shape index (κ3) is 8.92. The maximum absolute atomic E-state index is 12.1. The summed E-state index contributed by atoms with van der Waals surface area (Å²) >= 11 is 0. The van der Waals surface area contributed by atoms with Gasteiger partial charge in [-0.25, -0.2) is 0 Å². The van der Waals surface area contributed by atoms with E-state index >= 15 is 0 Å². The van der Waals surface area contributed by atoms with Crippen LogP contribution in [-0.4, -0.2) is 18.5 Å². The van der Waals surface area contributed by atoms with Crippen LogP contribution in [0.5, 0.6) is 0 Å². The van der Waals surface area contributed by atoms with E-state index in [0.29, 0.717) is 17.8 Å². The van der Waals surface area contributed by atoms with E-state index in [-0.39, 0.29) is 0 Å². The Morgan fingerprint density at radius 3 is 2.41 bits per heavy atom. The SMILES string of the molecule is CCCCCCCC[C@H]1OCCC[C@@H]1CC(=O)CCCCC. The van der Waals surface area contributed by atoms with Crippen LogP contribution in [0.25, 0.3) is 0 Å². The second kappa shape index (κ2) is 13.1. The maximum atomic E-state index is 12.1. The Labute approximate surface area is 138 Å². The van der Waals surface area contributed by atoms with Gasteiger partial charge in [0.25, 0.3) is 0 Å². The molecule has 0 N–H and O–H groups in total. The first kappa shape index (κ1) is 19.7. The summed E-state index contributed by atoms with van der Waals surface area (Å²) in [5, 5.41) is 0. The van der Waals surface area contributed by atoms with Gasteiger partial charge in [-0.2, -0.15) is 0 Å². The van der Waals surface area contributed by atoms with Crippen molar-refractivity contribution in [1.29, 1.82) is 0 Å². The van der Waals surface area contributed by atoms with Gasteiger partial charge in [0.1, 0.15) is 5.78 Å². The lowest BCUT2D eigenvalue weighted by Crippen LogP contribution is -2.31. The first-order valence-electron chi connectivity index (χ1n) is 9.91. The van der Waals surface area contributed by atoms with Crippen LogP contribution in [0.3, 0.4) is 0 Å². The summed E-state index contributed by atoms with van der Waals surface area (Å²) in [6.45, 7) is 5.36. The number of ether oxygens (including phenoxy) is 1. The number of hydrogen-bond donors (Lipinski definition) is 0. The minimum Gasteiger partial charge on any atom is -0.378 e. The van der Waals surface area contributed by atoms with Crippen LogP contribution in [-0.2, 0) is 9.53 Å². The lowest BCUT2D eigenvalue weighted by molar-refractivity contribution is -0.123. The molecule has 1 saturated heterocycles. The molecule has 0 saturated carbocycles. The minimum absolute atomic E-state index is 0.357. The fourth-order valence-electron chi connectivity index (χ4n) is 3.55. The van der Waals surface area contributed by atoms with E-state index in [1.165, 1.54) is 64.2 Å². The van der Waals surface area contributed by atoms with Crippen LogP contribution >= 0.6 is 0 Å². The highest BCUT2D eigenvalue weighted by Gasteiger charge is 2.27. The molecule has 130 valence electrons. The van der Waals surface area contributed by atoms with Crippen molar-refractivity contribution >= 4 is 5.78 Å². The number of Topliss-reactive ketones (excluding diaryl/α,β-unsaturated/α-hetero) is 1. The van der Waals surface area contributed by atoms with Crippen molar-refractivity contribution in [2.45, 2.75) is 110 Å². The van der Waals surface area contributed by atoms with Crippen molar-refractivity contribution in [2.75, 3.05) is 6.61 Å². The smallest absolute Gasteiger partial charge is 0.133 e. The number of unbranched alkanes of at least 4 members (excludes halogenated alkanes) is 7. The van der Waals surface area contributed by atoms with Gasteiger partial charge in [0.15, 0.2) is 0 Å². The molecule has 0 radical (unpaired) electrons. The summed E-state index contributed by atoms with van der Waals surface area (Å²) in [5.74, 6) is 0.968. The molecule has 1 aliphatic rings. The molecule has 0 unspecified atom stereocenters. The van der Waals surface area contributed by atoms with Crippen LogP contribution in [0.1, 0.15) is 104 Å². The molecule has 2 heteroatoms. The highest BCUT2D eigenvalue weighted by molar-refractivity contribution is 5.78. The quantitative estimate of drug-likeness (QED) is 0.386. The molecule has 2 atom stereocenters. The molecule has 0 aromatic heterocycles. The average Bonchev–Trinajstić information content (AvgIpc) is 2.52. The Balaban J connectivity index is 2.20. The largest absolute Gasteiger partial charge is 0.378 e. The molecule has 0 spiro atoms. The van der Waals surface area contributed by atoms with E-state index < -0.39 is 0 Å². The molecule has 0 aromatic rings. The zero-order valence-corrected chi connectivity index (χ0v) is 15.1. The molecule has 0 aliphatic carbocycles. The van der Waals surface area contributed by atoms with Crippen molar-refractivity contribution in [3.8, 4) is 0 Å². The number of carbonyl (C=O) groups is 1. The van der Waals surface area contributed by atoms with Gasteiger partial charge in [0, 0.05) is 19.4 Å².